The average molecular weight is 475 g/mol. The van der Waals surface area contributed by atoms with E-state index in [9.17, 15) is 21.2 Å². The number of rotatable bonds is 6. The maximum atomic E-state index is 14.2. The smallest absolute Gasteiger partial charge is 0.246 e. The highest BCUT2D eigenvalue weighted by molar-refractivity contribution is 7.89. The Labute approximate surface area is 182 Å². The Morgan fingerprint density at radius 3 is 2.16 bits per heavy atom. The van der Waals surface area contributed by atoms with E-state index in [0.29, 0.717) is 17.8 Å². The number of aromatic nitrogens is 2. The molecular formula is C19H27FN4O5S2. The number of hydrogen-bond acceptors (Lipinski definition) is 6. The molecule has 0 aliphatic carbocycles. The summed E-state index contributed by atoms with van der Waals surface area (Å²) in [5, 5.41) is 4.18. The van der Waals surface area contributed by atoms with Crippen LogP contribution in [-0.2, 0) is 27.1 Å². The summed E-state index contributed by atoms with van der Waals surface area (Å²) in [6, 6.07) is 3.52. The molecular weight excluding hydrogens is 447 g/mol. The Kier molecular flexibility index (Phi) is 6.75. The average Bonchev–Trinajstić information content (AvgIpc) is 2.88. The summed E-state index contributed by atoms with van der Waals surface area (Å²) in [5.74, 6) is -0.777. The number of sulfonamides is 2. The van der Waals surface area contributed by atoms with Crippen molar-refractivity contribution in [2.75, 3.05) is 32.8 Å². The number of benzene rings is 1. The van der Waals surface area contributed by atoms with Crippen molar-refractivity contribution in [1.82, 2.24) is 18.4 Å². The van der Waals surface area contributed by atoms with Crippen molar-refractivity contribution >= 4 is 20.0 Å². The lowest BCUT2D eigenvalue weighted by molar-refractivity contribution is 0.321. The van der Waals surface area contributed by atoms with Crippen LogP contribution in [0.2, 0.25) is 0 Å². The molecule has 3 rings (SSSR count). The van der Waals surface area contributed by atoms with Gasteiger partial charge in [0.2, 0.25) is 20.0 Å². The second-order valence-corrected chi connectivity index (χ2v) is 11.1. The van der Waals surface area contributed by atoms with E-state index in [-0.39, 0.29) is 48.3 Å². The first kappa shape index (κ1) is 23.6. The topological polar surface area (TPSA) is 102 Å². The molecule has 12 heteroatoms. The Hall–Kier alpha value is -2.02. The predicted molar refractivity (Wildman–Crippen MR) is 112 cm³/mol. The Bertz CT molecular complexity index is 1180. The normalized spacial score (nSPS) is 16.9. The fourth-order valence-electron chi connectivity index (χ4n) is 3.67. The minimum atomic E-state index is -3.99. The van der Waals surface area contributed by atoms with E-state index in [0.717, 1.165) is 6.07 Å². The van der Waals surface area contributed by atoms with E-state index in [2.05, 4.69) is 5.10 Å². The highest BCUT2D eigenvalue weighted by atomic mass is 32.2. The van der Waals surface area contributed by atoms with Crippen molar-refractivity contribution in [2.24, 2.45) is 7.05 Å². The monoisotopic (exact) mass is 474 g/mol. The molecule has 1 aromatic heterocycles. The van der Waals surface area contributed by atoms with Crippen LogP contribution in [0.4, 0.5) is 4.39 Å². The Morgan fingerprint density at radius 1 is 1.03 bits per heavy atom. The molecule has 0 spiro atoms. The zero-order chi connectivity index (χ0) is 23.0. The fraction of sp³-hybridized carbons (Fsp3) is 0.526. The van der Waals surface area contributed by atoms with Gasteiger partial charge >= 0.3 is 0 Å². The van der Waals surface area contributed by atoms with Crippen molar-refractivity contribution in [1.29, 1.82) is 0 Å². The highest BCUT2D eigenvalue weighted by Crippen LogP contribution is 2.27. The van der Waals surface area contributed by atoms with E-state index in [1.54, 1.807) is 27.8 Å². The molecule has 0 amide bonds. The van der Waals surface area contributed by atoms with Crippen molar-refractivity contribution in [3.63, 3.8) is 0 Å². The van der Waals surface area contributed by atoms with Gasteiger partial charge in [-0.05, 0) is 45.4 Å². The van der Waals surface area contributed by atoms with Crippen LogP contribution in [-0.4, -0.2) is 68.0 Å². The van der Waals surface area contributed by atoms with Crippen molar-refractivity contribution < 1.29 is 26.0 Å². The van der Waals surface area contributed by atoms with Crippen LogP contribution in [0.3, 0.4) is 0 Å². The Balaban J connectivity index is 1.83. The summed E-state index contributed by atoms with van der Waals surface area (Å²) in [4.78, 5) is -0.0383. The van der Waals surface area contributed by atoms with E-state index in [1.807, 2.05) is 0 Å². The maximum Gasteiger partial charge on any atom is 0.246 e. The van der Waals surface area contributed by atoms with Crippen molar-refractivity contribution in [3.8, 4) is 5.75 Å². The van der Waals surface area contributed by atoms with Crippen LogP contribution in [0.15, 0.2) is 28.0 Å². The molecule has 1 aromatic carbocycles. The van der Waals surface area contributed by atoms with Crippen LogP contribution >= 0.6 is 0 Å². The van der Waals surface area contributed by atoms with Crippen molar-refractivity contribution in [2.45, 2.75) is 37.0 Å². The van der Waals surface area contributed by atoms with Crippen LogP contribution < -0.4 is 4.74 Å². The molecule has 1 saturated heterocycles. The summed E-state index contributed by atoms with van der Waals surface area (Å²) >= 11 is 0. The molecule has 2 aromatic rings. The van der Waals surface area contributed by atoms with Gasteiger partial charge in [0.05, 0.1) is 22.9 Å². The van der Waals surface area contributed by atoms with Crippen LogP contribution in [0.1, 0.15) is 24.7 Å². The van der Waals surface area contributed by atoms with Gasteiger partial charge in [0.15, 0.2) is 11.6 Å². The zero-order valence-corrected chi connectivity index (χ0v) is 19.6. The lowest BCUT2D eigenvalue weighted by Crippen LogP contribution is -2.37. The van der Waals surface area contributed by atoms with Gasteiger partial charge in [-0.2, -0.15) is 13.7 Å². The zero-order valence-electron chi connectivity index (χ0n) is 18.0. The number of hydrogen-bond donors (Lipinski definition) is 0. The van der Waals surface area contributed by atoms with Crippen molar-refractivity contribution in [3.05, 3.63) is 35.4 Å². The summed E-state index contributed by atoms with van der Waals surface area (Å²) < 4.78 is 75.8. The highest BCUT2D eigenvalue weighted by Gasteiger charge is 2.34. The number of aryl methyl sites for hydroxylation is 2. The largest absolute Gasteiger partial charge is 0.491 e. The number of ether oxygens (including phenoxy) is 1. The van der Waals surface area contributed by atoms with E-state index >= 15 is 0 Å². The minimum Gasteiger partial charge on any atom is -0.491 e. The van der Waals surface area contributed by atoms with Gasteiger partial charge in [-0.1, -0.05) is 0 Å². The second kappa shape index (κ2) is 8.85. The molecule has 9 nitrogen and oxygen atoms in total. The van der Waals surface area contributed by atoms with E-state index < -0.39 is 25.9 Å². The lowest BCUT2D eigenvalue weighted by Gasteiger charge is -2.22. The molecule has 2 heterocycles. The molecule has 0 radical (unpaired) electrons. The molecule has 0 bridgehead atoms. The molecule has 0 unspecified atom stereocenters. The molecule has 172 valence electrons. The van der Waals surface area contributed by atoms with Gasteiger partial charge in [-0.15, -0.1) is 0 Å². The first-order valence-corrected chi connectivity index (χ1v) is 12.8. The maximum absolute atomic E-state index is 14.2. The van der Waals surface area contributed by atoms with Gasteiger partial charge in [0.25, 0.3) is 0 Å². The first-order chi connectivity index (χ1) is 14.5. The number of halogens is 1. The molecule has 0 saturated carbocycles. The van der Waals surface area contributed by atoms with E-state index in [4.69, 9.17) is 4.74 Å². The molecule has 31 heavy (non-hydrogen) atoms. The third-order valence-electron chi connectivity index (χ3n) is 5.30. The standard InChI is InChI=1S/C19H27FN4O5S2/c1-5-29-18-8-7-16(13-17(18)20)30(25,26)23-9-6-10-24(12-11-23)31(27,28)19-14(2)21-22(4)15(19)3/h7-8,13H,5-6,9-12H2,1-4H3. The van der Waals surface area contributed by atoms with Crippen LogP contribution in [0, 0.1) is 19.7 Å². The fourth-order valence-corrected chi connectivity index (χ4v) is 7.02. The summed E-state index contributed by atoms with van der Waals surface area (Å²) in [7, 11) is -6.14. The van der Waals surface area contributed by atoms with Gasteiger partial charge in [-0.25, -0.2) is 21.2 Å². The molecule has 0 N–H and O–H groups in total. The first-order valence-electron chi connectivity index (χ1n) is 9.93. The summed E-state index contributed by atoms with van der Waals surface area (Å²) in [6.45, 7) is 5.55. The van der Waals surface area contributed by atoms with Crippen LogP contribution in [0.5, 0.6) is 5.75 Å². The third kappa shape index (κ3) is 4.47. The summed E-state index contributed by atoms with van der Waals surface area (Å²) in [6.07, 6.45) is 0.316. The van der Waals surface area contributed by atoms with Crippen LogP contribution in [0.25, 0.3) is 0 Å². The van der Waals surface area contributed by atoms with E-state index in [1.165, 1.54) is 25.4 Å². The summed E-state index contributed by atoms with van der Waals surface area (Å²) in [5.41, 5.74) is 0.926. The SMILES string of the molecule is CCOc1ccc(S(=O)(=O)N2CCCN(S(=O)(=O)c3c(C)nn(C)c3C)CC2)cc1F. The Morgan fingerprint density at radius 2 is 1.65 bits per heavy atom. The van der Waals surface area contributed by atoms with Gasteiger partial charge < -0.3 is 4.74 Å². The van der Waals surface area contributed by atoms with Gasteiger partial charge in [0.1, 0.15) is 4.90 Å². The second-order valence-electron chi connectivity index (χ2n) is 7.31. The minimum absolute atomic E-state index is 0.00511. The lowest BCUT2D eigenvalue weighted by atomic mass is 10.3. The molecule has 1 aliphatic rings. The third-order valence-corrected chi connectivity index (χ3v) is 9.34. The molecule has 1 fully saturated rings. The number of nitrogens with zero attached hydrogens (tertiary/aromatic N) is 4. The molecule has 0 atom stereocenters. The van der Waals surface area contributed by atoms with Gasteiger partial charge in [-0.3, -0.25) is 4.68 Å². The van der Waals surface area contributed by atoms with Gasteiger partial charge in [0, 0.05) is 33.2 Å². The predicted octanol–water partition coefficient (Wildman–Crippen LogP) is 1.66. The quantitative estimate of drug-likeness (QED) is 0.631. The molecule has 1 aliphatic heterocycles.